The van der Waals surface area contributed by atoms with E-state index < -0.39 is 0 Å². The van der Waals surface area contributed by atoms with Gasteiger partial charge in [0.25, 0.3) is 0 Å². The summed E-state index contributed by atoms with van der Waals surface area (Å²) in [7, 11) is 1.98. The molecule has 2 unspecified atom stereocenters. The Morgan fingerprint density at radius 2 is 2.17 bits per heavy atom. The van der Waals surface area contributed by atoms with Crippen LogP contribution < -0.4 is 5.32 Å². The summed E-state index contributed by atoms with van der Waals surface area (Å²) in [4.78, 5) is 4.45. The second-order valence-electron chi connectivity index (χ2n) is 4.61. The molecule has 0 radical (unpaired) electrons. The first-order valence-corrected chi connectivity index (χ1v) is 7.84. The van der Waals surface area contributed by atoms with Crippen molar-refractivity contribution >= 4 is 11.8 Å². The molecule has 0 aliphatic rings. The van der Waals surface area contributed by atoms with Crippen molar-refractivity contribution in [2.75, 3.05) is 7.05 Å². The molecule has 1 rings (SSSR count). The Kier molecular flexibility index (Phi) is 7.35. The zero-order chi connectivity index (χ0) is 13.4. The minimum atomic E-state index is 0.436. The van der Waals surface area contributed by atoms with Crippen LogP contribution in [0.5, 0.6) is 0 Å². The first kappa shape index (κ1) is 15.5. The van der Waals surface area contributed by atoms with Gasteiger partial charge in [-0.05, 0) is 19.9 Å². The number of rotatable bonds is 9. The summed E-state index contributed by atoms with van der Waals surface area (Å²) < 4.78 is 5.29. The van der Waals surface area contributed by atoms with E-state index in [0.717, 1.165) is 36.7 Å². The third-order valence-corrected chi connectivity index (χ3v) is 4.38. The molecule has 0 spiro atoms. The standard InChI is InChI=1S/C13H25N3OS/c1-5-7-11(14-4)8-13-15-12(16-17-13)9-18-10(3)6-2/h10-11,14H,5-9H2,1-4H3. The average Bonchev–Trinajstić information content (AvgIpc) is 2.83. The van der Waals surface area contributed by atoms with Crippen LogP contribution >= 0.6 is 11.8 Å². The van der Waals surface area contributed by atoms with Gasteiger partial charge in [-0.25, -0.2) is 0 Å². The number of likely N-dealkylation sites (N-methyl/N-ethyl adjacent to an activating group) is 1. The maximum Gasteiger partial charge on any atom is 0.228 e. The van der Waals surface area contributed by atoms with Crippen LogP contribution in [0, 0.1) is 0 Å². The van der Waals surface area contributed by atoms with Crippen molar-refractivity contribution in [3.05, 3.63) is 11.7 Å². The fourth-order valence-corrected chi connectivity index (χ4v) is 2.46. The largest absolute Gasteiger partial charge is 0.339 e. The Balaban J connectivity index is 2.42. The van der Waals surface area contributed by atoms with Crippen molar-refractivity contribution in [3.8, 4) is 0 Å². The Hall–Kier alpha value is -0.550. The van der Waals surface area contributed by atoms with E-state index in [1.165, 1.54) is 6.42 Å². The lowest BCUT2D eigenvalue weighted by Gasteiger charge is -2.11. The predicted octanol–water partition coefficient (Wildman–Crippen LogP) is 3.03. The van der Waals surface area contributed by atoms with Crippen LogP contribution in [0.15, 0.2) is 4.52 Å². The van der Waals surface area contributed by atoms with E-state index in [9.17, 15) is 0 Å². The van der Waals surface area contributed by atoms with Gasteiger partial charge in [-0.2, -0.15) is 16.7 Å². The van der Waals surface area contributed by atoms with Crippen molar-refractivity contribution in [2.24, 2.45) is 0 Å². The van der Waals surface area contributed by atoms with E-state index in [1.54, 1.807) is 0 Å². The van der Waals surface area contributed by atoms with Gasteiger partial charge in [0.1, 0.15) is 0 Å². The van der Waals surface area contributed by atoms with E-state index in [4.69, 9.17) is 4.52 Å². The molecular weight excluding hydrogens is 246 g/mol. The first-order chi connectivity index (χ1) is 8.69. The Labute approximate surface area is 114 Å². The van der Waals surface area contributed by atoms with Crippen molar-refractivity contribution in [1.82, 2.24) is 15.5 Å². The van der Waals surface area contributed by atoms with Crippen LogP contribution in [-0.2, 0) is 12.2 Å². The molecule has 0 saturated carbocycles. The van der Waals surface area contributed by atoms with Gasteiger partial charge in [-0.15, -0.1) is 0 Å². The number of nitrogens with one attached hydrogen (secondary N) is 1. The molecule has 5 heteroatoms. The molecule has 1 N–H and O–H groups in total. The second kappa shape index (κ2) is 8.53. The molecule has 0 saturated heterocycles. The van der Waals surface area contributed by atoms with E-state index in [-0.39, 0.29) is 0 Å². The number of hydrogen-bond acceptors (Lipinski definition) is 5. The molecule has 4 nitrogen and oxygen atoms in total. The molecule has 0 aliphatic carbocycles. The van der Waals surface area contributed by atoms with Crippen LogP contribution in [0.25, 0.3) is 0 Å². The number of thioether (sulfide) groups is 1. The van der Waals surface area contributed by atoms with Crippen molar-refractivity contribution < 1.29 is 4.52 Å². The zero-order valence-electron chi connectivity index (χ0n) is 11.9. The second-order valence-corrected chi connectivity index (χ2v) is 6.04. The quantitative estimate of drug-likeness (QED) is 0.748. The van der Waals surface area contributed by atoms with E-state index >= 15 is 0 Å². The van der Waals surface area contributed by atoms with Crippen LogP contribution in [0.4, 0.5) is 0 Å². The predicted molar refractivity (Wildman–Crippen MR) is 76.8 cm³/mol. The summed E-state index contributed by atoms with van der Waals surface area (Å²) in [5, 5.41) is 7.97. The normalized spacial score (nSPS) is 14.7. The number of hydrogen-bond donors (Lipinski definition) is 1. The van der Waals surface area contributed by atoms with Gasteiger partial charge >= 0.3 is 0 Å². The molecule has 0 aromatic carbocycles. The third kappa shape index (κ3) is 5.40. The highest BCUT2D eigenvalue weighted by Gasteiger charge is 2.13. The molecule has 0 fully saturated rings. The highest BCUT2D eigenvalue weighted by Crippen LogP contribution is 2.18. The lowest BCUT2D eigenvalue weighted by Crippen LogP contribution is -2.27. The third-order valence-electron chi connectivity index (χ3n) is 3.05. The van der Waals surface area contributed by atoms with Gasteiger partial charge in [-0.1, -0.05) is 32.3 Å². The molecule has 18 heavy (non-hydrogen) atoms. The highest BCUT2D eigenvalue weighted by atomic mass is 32.2. The van der Waals surface area contributed by atoms with Crippen molar-refractivity contribution in [1.29, 1.82) is 0 Å². The van der Waals surface area contributed by atoms with Crippen LogP contribution in [0.3, 0.4) is 0 Å². The Morgan fingerprint density at radius 3 is 2.78 bits per heavy atom. The van der Waals surface area contributed by atoms with Gasteiger partial charge in [0.05, 0.1) is 5.75 Å². The smallest absolute Gasteiger partial charge is 0.228 e. The summed E-state index contributed by atoms with van der Waals surface area (Å²) in [5.41, 5.74) is 0. The van der Waals surface area contributed by atoms with Gasteiger partial charge in [0.15, 0.2) is 5.82 Å². The SMILES string of the molecule is CCCC(Cc1nc(CSC(C)CC)no1)NC. The summed E-state index contributed by atoms with van der Waals surface area (Å²) in [6.45, 7) is 6.61. The molecule has 0 amide bonds. The topological polar surface area (TPSA) is 51.0 Å². The van der Waals surface area contributed by atoms with Crippen LogP contribution in [0.2, 0.25) is 0 Å². The summed E-state index contributed by atoms with van der Waals surface area (Å²) >= 11 is 1.88. The average molecular weight is 271 g/mol. The van der Waals surface area contributed by atoms with Crippen molar-refractivity contribution in [3.63, 3.8) is 0 Å². The maximum absolute atomic E-state index is 5.29. The molecule has 2 atom stereocenters. The molecule has 1 aromatic rings. The van der Waals surface area contributed by atoms with Crippen LogP contribution in [-0.4, -0.2) is 28.5 Å². The molecule has 0 aliphatic heterocycles. The van der Waals surface area contributed by atoms with Gasteiger partial charge in [-0.3, -0.25) is 0 Å². The number of aromatic nitrogens is 2. The highest BCUT2D eigenvalue weighted by molar-refractivity contribution is 7.99. The lowest BCUT2D eigenvalue weighted by atomic mass is 10.1. The molecule has 0 bridgehead atoms. The molecule has 1 aromatic heterocycles. The zero-order valence-corrected chi connectivity index (χ0v) is 12.7. The molecule has 1 heterocycles. The van der Waals surface area contributed by atoms with Crippen LogP contribution in [0.1, 0.15) is 51.7 Å². The fraction of sp³-hybridized carbons (Fsp3) is 0.846. The van der Waals surface area contributed by atoms with E-state index in [0.29, 0.717) is 11.3 Å². The number of nitrogens with zero attached hydrogens (tertiary/aromatic N) is 2. The Morgan fingerprint density at radius 1 is 1.39 bits per heavy atom. The van der Waals surface area contributed by atoms with Gasteiger partial charge in [0.2, 0.25) is 5.89 Å². The fourth-order valence-electron chi connectivity index (χ4n) is 1.67. The van der Waals surface area contributed by atoms with Gasteiger partial charge < -0.3 is 9.84 Å². The van der Waals surface area contributed by atoms with E-state index in [2.05, 4.69) is 36.2 Å². The Bertz CT molecular complexity index is 330. The maximum atomic E-state index is 5.29. The lowest BCUT2D eigenvalue weighted by molar-refractivity contribution is 0.353. The monoisotopic (exact) mass is 271 g/mol. The molecule has 104 valence electrons. The molecular formula is C13H25N3OS. The summed E-state index contributed by atoms with van der Waals surface area (Å²) in [6, 6.07) is 0.436. The first-order valence-electron chi connectivity index (χ1n) is 6.79. The minimum absolute atomic E-state index is 0.436. The van der Waals surface area contributed by atoms with Gasteiger partial charge in [0, 0.05) is 17.7 Å². The summed E-state index contributed by atoms with van der Waals surface area (Å²) in [5.74, 6) is 2.42. The summed E-state index contributed by atoms with van der Waals surface area (Å²) in [6.07, 6.45) is 4.30. The minimum Gasteiger partial charge on any atom is -0.339 e. The van der Waals surface area contributed by atoms with Crippen molar-refractivity contribution in [2.45, 2.75) is 63.5 Å². The van der Waals surface area contributed by atoms with E-state index in [1.807, 2.05) is 18.8 Å².